The number of terminal acetylenes is 1. The zero-order chi connectivity index (χ0) is 11.4. The first-order valence-electron chi connectivity index (χ1n) is 4.78. The van der Waals surface area contributed by atoms with E-state index in [-0.39, 0.29) is 12.5 Å². The van der Waals surface area contributed by atoms with E-state index in [4.69, 9.17) is 11.5 Å². The maximum Gasteiger partial charge on any atom is 0.326 e. The highest BCUT2D eigenvalue weighted by atomic mass is 16.4. The van der Waals surface area contributed by atoms with Gasteiger partial charge in [-0.2, -0.15) is 0 Å². The summed E-state index contributed by atoms with van der Waals surface area (Å²) < 4.78 is 0. The van der Waals surface area contributed by atoms with Crippen molar-refractivity contribution in [2.45, 2.75) is 19.4 Å². The van der Waals surface area contributed by atoms with Gasteiger partial charge in [0.2, 0.25) is 0 Å². The topological polar surface area (TPSA) is 69.6 Å². The molecule has 1 rings (SSSR count). The fourth-order valence-electron chi connectivity index (χ4n) is 1.78. The number of hydrogen-bond acceptors (Lipinski definition) is 2. The molecule has 1 fully saturated rings. The standard InChI is InChI=1S/C10H14N2O3/c1-3-5-11-10(15)12-6-4-7(2)8(12)9(13)14/h1,7-8H,4-6H2,2H3,(H,11,15)(H,13,14). The Bertz CT molecular complexity index is 308. The van der Waals surface area contributed by atoms with Crippen LogP contribution in [0.25, 0.3) is 0 Å². The molecule has 2 unspecified atom stereocenters. The second-order valence-corrected chi connectivity index (χ2v) is 3.61. The number of carboxylic acids is 1. The average Bonchev–Trinajstić information content (AvgIpc) is 2.56. The minimum atomic E-state index is -0.962. The van der Waals surface area contributed by atoms with Gasteiger partial charge in [-0.15, -0.1) is 6.42 Å². The summed E-state index contributed by atoms with van der Waals surface area (Å²) in [5.74, 6) is 1.29. The maximum absolute atomic E-state index is 11.5. The Morgan fingerprint density at radius 2 is 2.33 bits per heavy atom. The molecule has 2 atom stereocenters. The molecule has 0 aromatic carbocycles. The number of likely N-dealkylation sites (tertiary alicyclic amines) is 1. The Morgan fingerprint density at radius 3 is 2.87 bits per heavy atom. The molecule has 0 saturated carbocycles. The van der Waals surface area contributed by atoms with Crippen molar-refractivity contribution in [2.75, 3.05) is 13.1 Å². The van der Waals surface area contributed by atoms with E-state index in [1.54, 1.807) is 0 Å². The van der Waals surface area contributed by atoms with E-state index in [1.165, 1.54) is 4.90 Å². The number of nitrogens with one attached hydrogen (secondary N) is 1. The average molecular weight is 210 g/mol. The Labute approximate surface area is 88.4 Å². The van der Waals surface area contributed by atoms with Crippen LogP contribution in [0.5, 0.6) is 0 Å². The summed E-state index contributed by atoms with van der Waals surface area (Å²) in [5, 5.41) is 11.4. The van der Waals surface area contributed by atoms with Gasteiger partial charge in [-0.05, 0) is 12.3 Å². The SMILES string of the molecule is C#CCNC(=O)N1CCC(C)C1C(=O)O. The van der Waals surface area contributed by atoms with Crippen molar-refractivity contribution in [2.24, 2.45) is 5.92 Å². The van der Waals surface area contributed by atoms with Gasteiger partial charge in [-0.25, -0.2) is 9.59 Å². The molecule has 82 valence electrons. The molecule has 0 aliphatic carbocycles. The van der Waals surface area contributed by atoms with E-state index in [1.807, 2.05) is 6.92 Å². The molecule has 0 spiro atoms. The summed E-state index contributed by atoms with van der Waals surface area (Å²) in [4.78, 5) is 23.8. The van der Waals surface area contributed by atoms with Crippen LogP contribution in [0, 0.1) is 18.3 Å². The predicted molar refractivity (Wildman–Crippen MR) is 54.1 cm³/mol. The quantitative estimate of drug-likeness (QED) is 0.636. The van der Waals surface area contributed by atoms with E-state index in [9.17, 15) is 9.59 Å². The van der Waals surface area contributed by atoms with Crippen molar-refractivity contribution < 1.29 is 14.7 Å². The van der Waals surface area contributed by atoms with Gasteiger partial charge in [0.15, 0.2) is 0 Å². The first-order chi connectivity index (χ1) is 7.07. The molecule has 0 radical (unpaired) electrons. The van der Waals surface area contributed by atoms with Gasteiger partial charge < -0.3 is 15.3 Å². The van der Waals surface area contributed by atoms with E-state index in [2.05, 4.69) is 11.2 Å². The molecular formula is C10H14N2O3. The van der Waals surface area contributed by atoms with Gasteiger partial charge >= 0.3 is 12.0 Å². The third-order valence-electron chi connectivity index (χ3n) is 2.56. The van der Waals surface area contributed by atoms with Crippen molar-refractivity contribution >= 4 is 12.0 Å². The van der Waals surface area contributed by atoms with E-state index in [0.29, 0.717) is 13.0 Å². The molecule has 1 saturated heterocycles. The Kier molecular flexibility index (Phi) is 3.56. The summed E-state index contributed by atoms with van der Waals surface area (Å²) in [6.07, 6.45) is 5.71. The lowest BCUT2D eigenvalue weighted by molar-refractivity contribution is -0.142. The third kappa shape index (κ3) is 2.40. The van der Waals surface area contributed by atoms with Gasteiger partial charge in [-0.1, -0.05) is 12.8 Å². The van der Waals surface area contributed by atoms with E-state index in [0.717, 1.165) is 0 Å². The Balaban J connectivity index is 2.65. The van der Waals surface area contributed by atoms with Crippen molar-refractivity contribution in [1.29, 1.82) is 0 Å². The fraction of sp³-hybridized carbons (Fsp3) is 0.600. The lowest BCUT2D eigenvalue weighted by Gasteiger charge is -2.23. The molecule has 15 heavy (non-hydrogen) atoms. The molecule has 0 bridgehead atoms. The number of carboxylic acid groups (broad SMARTS) is 1. The third-order valence-corrected chi connectivity index (χ3v) is 2.56. The van der Waals surface area contributed by atoms with Crippen LogP contribution in [-0.2, 0) is 4.79 Å². The maximum atomic E-state index is 11.5. The number of carbonyl (C=O) groups excluding carboxylic acids is 1. The van der Waals surface area contributed by atoms with Crippen LogP contribution in [0.3, 0.4) is 0 Å². The lowest BCUT2D eigenvalue weighted by Crippen LogP contribution is -2.47. The molecule has 0 aromatic heterocycles. The van der Waals surface area contributed by atoms with Crippen LogP contribution in [0.1, 0.15) is 13.3 Å². The highest BCUT2D eigenvalue weighted by Crippen LogP contribution is 2.23. The molecule has 0 aromatic rings. The van der Waals surface area contributed by atoms with Crippen molar-refractivity contribution in [3.8, 4) is 12.3 Å². The van der Waals surface area contributed by atoms with Gasteiger partial charge in [0.05, 0.1) is 6.54 Å². The van der Waals surface area contributed by atoms with Crippen molar-refractivity contribution in [3.63, 3.8) is 0 Å². The van der Waals surface area contributed by atoms with Crippen LogP contribution in [-0.4, -0.2) is 41.1 Å². The normalized spacial score (nSPS) is 24.7. The Morgan fingerprint density at radius 1 is 1.67 bits per heavy atom. The molecule has 5 heteroatoms. The second-order valence-electron chi connectivity index (χ2n) is 3.61. The molecular weight excluding hydrogens is 196 g/mol. The lowest BCUT2D eigenvalue weighted by atomic mass is 10.0. The van der Waals surface area contributed by atoms with Gasteiger partial charge in [0.1, 0.15) is 6.04 Å². The number of carbonyl (C=O) groups is 2. The van der Waals surface area contributed by atoms with Crippen molar-refractivity contribution in [1.82, 2.24) is 10.2 Å². The number of urea groups is 1. The monoisotopic (exact) mass is 210 g/mol. The van der Waals surface area contributed by atoms with Crippen LogP contribution < -0.4 is 5.32 Å². The first kappa shape index (κ1) is 11.4. The summed E-state index contributed by atoms with van der Waals surface area (Å²) in [5.41, 5.74) is 0. The Hall–Kier alpha value is -1.70. The number of nitrogens with zero attached hydrogens (tertiary/aromatic N) is 1. The smallest absolute Gasteiger partial charge is 0.326 e. The highest BCUT2D eigenvalue weighted by Gasteiger charge is 2.39. The summed E-state index contributed by atoms with van der Waals surface area (Å²) in [6, 6.07) is -1.13. The first-order valence-corrected chi connectivity index (χ1v) is 4.78. The van der Waals surface area contributed by atoms with Crippen LogP contribution in [0.15, 0.2) is 0 Å². The molecule has 1 aliphatic heterocycles. The number of hydrogen-bond donors (Lipinski definition) is 2. The minimum Gasteiger partial charge on any atom is -0.480 e. The minimum absolute atomic E-state index is 0.0147. The molecule has 1 heterocycles. The number of aliphatic carboxylic acids is 1. The zero-order valence-corrected chi connectivity index (χ0v) is 8.56. The molecule has 5 nitrogen and oxygen atoms in total. The predicted octanol–water partition coefficient (Wildman–Crippen LogP) is 0.124. The van der Waals surface area contributed by atoms with E-state index < -0.39 is 18.0 Å². The largest absolute Gasteiger partial charge is 0.480 e. The molecule has 1 aliphatic rings. The summed E-state index contributed by atoms with van der Waals surface area (Å²) >= 11 is 0. The molecule has 2 amide bonds. The van der Waals surface area contributed by atoms with Gasteiger partial charge in [0.25, 0.3) is 0 Å². The van der Waals surface area contributed by atoms with Crippen molar-refractivity contribution in [3.05, 3.63) is 0 Å². The van der Waals surface area contributed by atoms with E-state index >= 15 is 0 Å². The van der Waals surface area contributed by atoms with Crippen LogP contribution in [0.4, 0.5) is 4.79 Å². The van der Waals surface area contributed by atoms with Crippen LogP contribution >= 0.6 is 0 Å². The summed E-state index contributed by atoms with van der Waals surface area (Å²) in [6.45, 7) is 2.41. The fourth-order valence-corrected chi connectivity index (χ4v) is 1.78. The number of amides is 2. The highest BCUT2D eigenvalue weighted by molar-refractivity contribution is 5.83. The second kappa shape index (κ2) is 4.69. The summed E-state index contributed by atoms with van der Waals surface area (Å²) in [7, 11) is 0. The van der Waals surface area contributed by atoms with Gasteiger partial charge in [-0.3, -0.25) is 0 Å². The zero-order valence-electron chi connectivity index (χ0n) is 8.56. The van der Waals surface area contributed by atoms with Gasteiger partial charge in [0, 0.05) is 6.54 Å². The van der Waals surface area contributed by atoms with Crippen LogP contribution in [0.2, 0.25) is 0 Å². The number of rotatable bonds is 2. The molecule has 2 N–H and O–H groups in total.